The zero-order chi connectivity index (χ0) is 22.2. The van der Waals surface area contributed by atoms with Gasteiger partial charge < -0.3 is 0 Å². The van der Waals surface area contributed by atoms with Crippen molar-refractivity contribution in [3.8, 4) is 11.1 Å². The summed E-state index contributed by atoms with van der Waals surface area (Å²) in [7, 11) is 0. The third-order valence-electron chi connectivity index (χ3n) is 7.43. The van der Waals surface area contributed by atoms with E-state index in [4.69, 9.17) is 0 Å². The average Bonchev–Trinajstić information content (AvgIpc) is 2.73. The van der Waals surface area contributed by atoms with Gasteiger partial charge in [0.25, 0.3) is 0 Å². The Balaban J connectivity index is 1.51. The van der Waals surface area contributed by atoms with Gasteiger partial charge in [0.1, 0.15) is 11.6 Å². The zero-order valence-corrected chi connectivity index (χ0v) is 17.9. The van der Waals surface area contributed by atoms with E-state index in [0.29, 0.717) is 29.9 Å². The van der Waals surface area contributed by atoms with Crippen LogP contribution in [0.25, 0.3) is 11.1 Å². The number of alkyl halides is 3. The van der Waals surface area contributed by atoms with Gasteiger partial charge in [0.2, 0.25) is 0 Å². The van der Waals surface area contributed by atoms with Gasteiger partial charge in [0.15, 0.2) is 0 Å². The molecule has 1 fully saturated rings. The third-order valence-corrected chi connectivity index (χ3v) is 7.43. The fourth-order valence-corrected chi connectivity index (χ4v) is 5.73. The second-order valence-corrected chi connectivity index (χ2v) is 9.33. The van der Waals surface area contributed by atoms with Crippen LogP contribution in [0.5, 0.6) is 0 Å². The Morgan fingerprint density at radius 1 is 0.903 bits per heavy atom. The molecular formula is C26H29F5. The van der Waals surface area contributed by atoms with E-state index < -0.39 is 23.4 Å². The summed E-state index contributed by atoms with van der Waals surface area (Å²) < 4.78 is 67.7. The quantitative estimate of drug-likeness (QED) is 0.422. The highest BCUT2D eigenvalue weighted by molar-refractivity contribution is 5.66. The molecule has 0 saturated heterocycles. The van der Waals surface area contributed by atoms with Gasteiger partial charge in [-0.2, -0.15) is 13.2 Å². The van der Waals surface area contributed by atoms with Crippen molar-refractivity contribution in [2.45, 2.75) is 70.9 Å². The van der Waals surface area contributed by atoms with E-state index in [2.05, 4.69) is 6.92 Å². The molecule has 0 bridgehead atoms. The SMILES string of the molecule is CCCC1CCC(C2CCc3c(ccc(-c4ccc(C(F)(F)F)c(F)c4)c3F)C2)CC1. The van der Waals surface area contributed by atoms with Gasteiger partial charge in [-0.15, -0.1) is 0 Å². The van der Waals surface area contributed by atoms with E-state index >= 15 is 4.39 Å². The number of halogens is 5. The molecule has 2 aliphatic rings. The van der Waals surface area contributed by atoms with Crippen LogP contribution in [-0.2, 0) is 19.0 Å². The molecule has 2 aromatic carbocycles. The largest absolute Gasteiger partial charge is 0.419 e. The maximum absolute atomic E-state index is 15.3. The van der Waals surface area contributed by atoms with Gasteiger partial charge in [-0.1, -0.05) is 50.8 Å². The summed E-state index contributed by atoms with van der Waals surface area (Å²) in [6, 6.07) is 6.11. The molecule has 0 N–H and O–H groups in total. The lowest BCUT2D eigenvalue weighted by Gasteiger charge is -2.36. The molecule has 0 heterocycles. The van der Waals surface area contributed by atoms with E-state index in [1.165, 1.54) is 38.5 Å². The molecule has 1 atom stereocenters. The van der Waals surface area contributed by atoms with E-state index in [1.54, 1.807) is 6.07 Å². The predicted octanol–water partition coefficient (Wildman–Crippen LogP) is 8.36. The van der Waals surface area contributed by atoms with Crippen molar-refractivity contribution < 1.29 is 22.0 Å². The van der Waals surface area contributed by atoms with Crippen molar-refractivity contribution in [3.63, 3.8) is 0 Å². The number of rotatable bonds is 4. The van der Waals surface area contributed by atoms with Crippen LogP contribution in [0.3, 0.4) is 0 Å². The summed E-state index contributed by atoms with van der Waals surface area (Å²) in [5.74, 6) is 0.348. The minimum Gasteiger partial charge on any atom is -0.206 e. The summed E-state index contributed by atoms with van der Waals surface area (Å²) in [5.41, 5.74) is 0.632. The fourth-order valence-electron chi connectivity index (χ4n) is 5.73. The first-order chi connectivity index (χ1) is 14.8. The van der Waals surface area contributed by atoms with Gasteiger partial charge in [-0.05, 0) is 78.7 Å². The van der Waals surface area contributed by atoms with Crippen LogP contribution < -0.4 is 0 Å². The van der Waals surface area contributed by atoms with Crippen LogP contribution >= 0.6 is 0 Å². The molecule has 2 aliphatic carbocycles. The Hall–Kier alpha value is -1.91. The number of fused-ring (bicyclic) bond motifs is 1. The molecule has 0 aliphatic heterocycles. The highest BCUT2D eigenvalue weighted by Gasteiger charge is 2.35. The Morgan fingerprint density at radius 2 is 1.65 bits per heavy atom. The van der Waals surface area contributed by atoms with Crippen molar-refractivity contribution in [2.75, 3.05) is 0 Å². The van der Waals surface area contributed by atoms with Crippen molar-refractivity contribution >= 4 is 0 Å². The summed E-state index contributed by atoms with van der Waals surface area (Å²) in [6.45, 7) is 2.24. The Morgan fingerprint density at radius 3 is 2.29 bits per heavy atom. The van der Waals surface area contributed by atoms with E-state index in [9.17, 15) is 17.6 Å². The van der Waals surface area contributed by atoms with Crippen molar-refractivity contribution in [2.24, 2.45) is 17.8 Å². The molecule has 0 amide bonds. The van der Waals surface area contributed by atoms with Crippen LogP contribution in [0.1, 0.15) is 68.6 Å². The van der Waals surface area contributed by atoms with Crippen LogP contribution in [0.4, 0.5) is 22.0 Å². The first-order valence-corrected chi connectivity index (χ1v) is 11.4. The smallest absolute Gasteiger partial charge is 0.206 e. The Kier molecular flexibility index (Phi) is 6.41. The molecule has 31 heavy (non-hydrogen) atoms. The Bertz CT molecular complexity index is 922. The van der Waals surface area contributed by atoms with Gasteiger partial charge >= 0.3 is 6.18 Å². The summed E-state index contributed by atoms with van der Waals surface area (Å²) in [6.07, 6.45) is 5.36. The van der Waals surface area contributed by atoms with Gasteiger partial charge in [-0.25, -0.2) is 8.78 Å². The molecule has 2 aromatic rings. The lowest BCUT2D eigenvalue weighted by molar-refractivity contribution is -0.139. The average molecular weight is 437 g/mol. The number of hydrogen-bond donors (Lipinski definition) is 0. The van der Waals surface area contributed by atoms with E-state index in [0.717, 1.165) is 36.5 Å². The molecule has 168 valence electrons. The normalized spacial score (nSPS) is 24.1. The van der Waals surface area contributed by atoms with Crippen molar-refractivity contribution in [1.29, 1.82) is 0 Å². The van der Waals surface area contributed by atoms with Gasteiger partial charge in [-0.3, -0.25) is 0 Å². The summed E-state index contributed by atoms with van der Waals surface area (Å²) >= 11 is 0. The molecule has 1 unspecified atom stereocenters. The predicted molar refractivity (Wildman–Crippen MR) is 113 cm³/mol. The molecule has 4 rings (SSSR count). The summed E-state index contributed by atoms with van der Waals surface area (Å²) in [4.78, 5) is 0. The third kappa shape index (κ3) is 4.65. The Labute approximate surface area is 180 Å². The molecule has 0 spiro atoms. The summed E-state index contributed by atoms with van der Waals surface area (Å²) in [5, 5.41) is 0. The zero-order valence-electron chi connectivity index (χ0n) is 17.9. The highest BCUT2D eigenvalue weighted by atomic mass is 19.4. The lowest BCUT2D eigenvalue weighted by Crippen LogP contribution is -2.27. The standard InChI is InChI=1S/C26H29F5/c1-2-3-16-4-6-17(7-5-16)18-8-11-21-19(14-18)9-12-22(25(21)28)20-10-13-23(24(27)15-20)26(29,30)31/h9-10,12-13,15-18H,2-8,11,14H2,1H3. The van der Waals surface area contributed by atoms with E-state index in [-0.39, 0.29) is 11.1 Å². The van der Waals surface area contributed by atoms with Crippen molar-refractivity contribution in [1.82, 2.24) is 0 Å². The number of benzene rings is 2. The first-order valence-electron chi connectivity index (χ1n) is 11.4. The lowest BCUT2D eigenvalue weighted by atomic mass is 9.69. The molecule has 0 aromatic heterocycles. The topological polar surface area (TPSA) is 0 Å². The maximum Gasteiger partial charge on any atom is 0.419 e. The van der Waals surface area contributed by atoms with Crippen molar-refractivity contribution in [3.05, 3.63) is 58.7 Å². The maximum atomic E-state index is 15.3. The van der Waals surface area contributed by atoms with Gasteiger partial charge in [0, 0.05) is 5.56 Å². The molecule has 1 saturated carbocycles. The van der Waals surface area contributed by atoms with Gasteiger partial charge in [0.05, 0.1) is 5.56 Å². The molecular weight excluding hydrogens is 407 g/mol. The second-order valence-electron chi connectivity index (χ2n) is 9.33. The first kappa shape index (κ1) is 22.3. The molecule has 0 nitrogen and oxygen atoms in total. The van der Waals surface area contributed by atoms with Crippen LogP contribution in [0.15, 0.2) is 30.3 Å². The molecule has 0 radical (unpaired) electrons. The highest BCUT2D eigenvalue weighted by Crippen LogP contribution is 2.42. The monoisotopic (exact) mass is 436 g/mol. The minimum absolute atomic E-state index is 0.141. The van der Waals surface area contributed by atoms with E-state index in [1.807, 2.05) is 6.07 Å². The minimum atomic E-state index is -4.76. The molecule has 5 heteroatoms. The number of hydrogen-bond acceptors (Lipinski definition) is 0. The van der Waals surface area contributed by atoms with Crippen LogP contribution in [0, 0.1) is 29.4 Å². The fraction of sp³-hybridized carbons (Fsp3) is 0.538. The second kappa shape index (κ2) is 8.91. The van der Waals surface area contributed by atoms with Crippen LogP contribution in [0.2, 0.25) is 0 Å². The van der Waals surface area contributed by atoms with Crippen LogP contribution in [-0.4, -0.2) is 0 Å².